The predicted octanol–water partition coefficient (Wildman–Crippen LogP) is 2.33. The van der Waals surface area contributed by atoms with Crippen LogP contribution in [0.4, 0.5) is 0 Å². The number of carbonyl (C=O) groups is 1. The molecule has 14 heavy (non-hydrogen) atoms. The summed E-state index contributed by atoms with van der Waals surface area (Å²) in [6.07, 6.45) is 0. The van der Waals surface area contributed by atoms with Gasteiger partial charge >= 0.3 is 5.97 Å². The molecule has 0 unspecified atom stereocenters. The fourth-order valence-corrected chi connectivity index (χ4v) is 1.61. The lowest BCUT2D eigenvalue weighted by molar-refractivity contribution is 0.0685. The first-order valence-corrected chi connectivity index (χ1v) is 4.77. The second-order valence-electron chi connectivity index (χ2n) is 2.96. The van der Waals surface area contributed by atoms with Crippen LogP contribution in [0.3, 0.4) is 0 Å². The number of fused-ring (bicyclic) bond motifs is 1. The van der Waals surface area contributed by atoms with Crippen molar-refractivity contribution in [2.45, 2.75) is 6.92 Å². The number of carboxylic acids is 1. The van der Waals surface area contributed by atoms with Crippen molar-refractivity contribution >= 4 is 32.9 Å². The minimum absolute atomic E-state index is 0.0267. The van der Waals surface area contributed by atoms with Crippen LogP contribution in [0.2, 0.25) is 0 Å². The van der Waals surface area contributed by atoms with Crippen LogP contribution in [0, 0.1) is 6.92 Å². The molecule has 0 fully saturated rings. The molecule has 0 aliphatic carbocycles. The van der Waals surface area contributed by atoms with E-state index in [0.717, 1.165) is 15.6 Å². The number of aromatic amines is 1. The van der Waals surface area contributed by atoms with Gasteiger partial charge in [0.15, 0.2) is 0 Å². The lowest BCUT2D eigenvalue weighted by atomic mass is 10.2. The molecule has 0 amide bonds. The van der Waals surface area contributed by atoms with Gasteiger partial charge in [0.05, 0.1) is 11.0 Å². The van der Waals surface area contributed by atoms with Crippen molar-refractivity contribution in [1.29, 1.82) is 0 Å². The van der Waals surface area contributed by atoms with Crippen LogP contribution in [-0.4, -0.2) is 21.0 Å². The highest BCUT2D eigenvalue weighted by Crippen LogP contribution is 2.23. The zero-order valence-corrected chi connectivity index (χ0v) is 8.92. The number of aromatic carboxylic acids is 1. The third kappa shape index (κ3) is 1.29. The number of nitrogens with one attached hydrogen (secondary N) is 1. The van der Waals surface area contributed by atoms with Gasteiger partial charge in [0.2, 0.25) is 5.82 Å². The number of hydrogen-bond donors (Lipinski definition) is 2. The largest absolute Gasteiger partial charge is 0.475 e. The summed E-state index contributed by atoms with van der Waals surface area (Å²) in [6, 6.07) is 3.66. The zero-order chi connectivity index (χ0) is 10.3. The van der Waals surface area contributed by atoms with E-state index in [1.54, 1.807) is 6.07 Å². The van der Waals surface area contributed by atoms with Crippen molar-refractivity contribution < 1.29 is 9.90 Å². The number of carboxylic acid groups (broad SMARTS) is 1. The molecule has 2 N–H and O–H groups in total. The lowest BCUT2D eigenvalue weighted by Gasteiger charge is -1.96. The van der Waals surface area contributed by atoms with E-state index in [2.05, 4.69) is 25.9 Å². The first-order chi connectivity index (χ1) is 6.59. The predicted molar refractivity (Wildman–Crippen MR) is 55.5 cm³/mol. The zero-order valence-electron chi connectivity index (χ0n) is 7.34. The van der Waals surface area contributed by atoms with Crippen molar-refractivity contribution in [2.24, 2.45) is 0 Å². The smallest absolute Gasteiger partial charge is 0.371 e. The molecule has 0 saturated heterocycles. The molecule has 0 radical (unpaired) electrons. The molecule has 4 nitrogen and oxygen atoms in total. The SMILES string of the molecule is Cc1c(Br)ccc2[nH]c(C(=O)O)nc12. The Balaban J connectivity index is 2.77. The second kappa shape index (κ2) is 3.09. The van der Waals surface area contributed by atoms with Gasteiger partial charge in [0, 0.05) is 4.47 Å². The molecular weight excluding hydrogens is 248 g/mol. The number of rotatable bonds is 1. The standard InChI is InChI=1S/C9H7BrN2O2/c1-4-5(10)2-3-6-7(4)12-8(11-6)9(13)14/h2-3H,1H3,(H,11,12)(H,13,14). The number of H-pyrrole nitrogens is 1. The molecule has 1 aromatic heterocycles. The Morgan fingerprint density at radius 2 is 2.29 bits per heavy atom. The summed E-state index contributed by atoms with van der Waals surface area (Å²) < 4.78 is 0.924. The maximum atomic E-state index is 10.7. The summed E-state index contributed by atoms with van der Waals surface area (Å²) in [7, 11) is 0. The van der Waals surface area contributed by atoms with E-state index in [4.69, 9.17) is 5.11 Å². The summed E-state index contributed by atoms with van der Waals surface area (Å²) in [6.45, 7) is 1.89. The van der Waals surface area contributed by atoms with Crippen molar-refractivity contribution in [3.63, 3.8) is 0 Å². The molecule has 0 aliphatic rings. The Kier molecular flexibility index (Phi) is 2.03. The average molecular weight is 255 g/mol. The van der Waals surface area contributed by atoms with Gasteiger partial charge in [-0.15, -0.1) is 0 Å². The first-order valence-electron chi connectivity index (χ1n) is 3.97. The van der Waals surface area contributed by atoms with E-state index >= 15 is 0 Å². The fraction of sp³-hybridized carbons (Fsp3) is 0.111. The van der Waals surface area contributed by atoms with Crippen molar-refractivity contribution in [2.75, 3.05) is 0 Å². The Labute approximate surface area is 88.1 Å². The van der Waals surface area contributed by atoms with Crippen LogP contribution in [-0.2, 0) is 0 Å². The number of aromatic nitrogens is 2. The van der Waals surface area contributed by atoms with Crippen LogP contribution < -0.4 is 0 Å². The summed E-state index contributed by atoms with van der Waals surface area (Å²) in [4.78, 5) is 17.4. The maximum absolute atomic E-state index is 10.7. The van der Waals surface area contributed by atoms with Gasteiger partial charge in [0.1, 0.15) is 0 Å². The topological polar surface area (TPSA) is 66.0 Å². The van der Waals surface area contributed by atoms with Crippen molar-refractivity contribution in [3.8, 4) is 0 Å². The highest BCUT2D eigenvalue weighted by atomic mass is 79.9. The first kappa shape index (κ1) is 9.21. The average Bonchev–Trinajstić information content (AvgIpc) is 2.56. The van der Waals surface area contributed by atoms with E-state index in [1.165, 1.54) is 0 Å². The van der Waals surface area contributed by atoms with Gasteiger partial charge in [-0.3, -0.25) is 0 Å². The highest BCUT2D eigenvalue weighted by Gasteiger charge is 2.11. The van der Waals surface area contributed by atoms with E-state index in [0.29, 0.717) is 5.52 Å². The Hall–Kier alpha value is -1.36. The fourth-order valence-electron chi connectivity index (χ4n) is 1.29. The Morgan fingerprint density at radius 1 is 1.57 bits per heavy atom. The molecule has 5 heteroatoms. The van der Waals surface area contributed by atoms with Gasteiger partial charge in [-0.1, -0.05) is 15.9 Å². The lowest BCUT2D eigenvalue weighted by Crippen LogP contribution is -1.97. The minimum atomic E-state index is -1.04. The van der Waals surface area contributed by atoms with E-state index < -0.39 is 5.97 Å². The summed E-state index contributed by atoms with van der Waals surface area (Å²) >= 11 is 3.36. The normalized spacial score (nSPS) is 10.7. The second-order valence-corrected chi connectivity index (χ2v) is 3.81. The van der Waals surface area contributed by atoms with E-state index in [-0.39, 0.29) is 5.82 Å². The summed E-state index contributed by atoms with van der Waals surface area (Å²) in [5.41, 5.74) is 2.37. The molecule has 0 atom stereocenters. The quantitative estimate of drug-likeness (QED) is 0.821. The molecule has 0 saturated carbocycles. The molecular formula is C9H7BrN2O2. The highest BCUT2D eigenvalue weighted by molar-refractivity contribution is 9.10. The molecule has 1 aromatic carbocycles. The molecule has 0 spiro atoms. The van der Waals surface area contributed by atoms with Crippen molar-refractivity contribution in [1.82, 2.24) is 9.97 Å². The molecule has 1 heterocycles. The number of aryl methyl sites for hydroxylation is 1. The monoisotopic (exact) mass is 254 g/mol. The summed E-state index contributed by atoms with van der Waals surface area (Å²) in [5, 5.41) is 8.74. The number of hydrogen-bond acceptors (Lipinski definition) is 2. The number of halogens is 1. The van der Waals surface area contributed by atoms with Gasteiger partial charge in [-0.05, 0) is 24.6 Å². The Morgan fingerprint density at radius 3 is 2.93 bits per heavy atom. The molecule has 0 aliphatic heterocycles. The van der Waals surface area contributed by atoms with Crippen LogP contribution >= 0.6 is 15.9 Å². The number of benzene rings is 1. The Bertz CT molecular complexity index is 519. The van der Waals surface area contributed by atoms with Crippen LogP contribution in [0.25, 0.3) is 11.0 Å². The van der Waals surface area contributed by atoms with Crippen LogP contribution in [0.15, 0.2) is 16.6 Å². The van der Waals surface area contributed by atoms with Crippen molar-refractivity contribution in [3.05, 3.63) is 28.0 Å². The van der Waals surface area contributed by atoms with Gasteiger partial charge < -0.3 is 10.1 Å². The molecule has 2 aromatic rings. The van der Waals surface area contributed by atoms with Gasteiger partial charge in [0.25, 0.3) is 0 Å². The molecule has 72 valence electrons. The van der Waals surface area contributed by atoms with E-state index in [9.17, 15) is 4.79 Å². The van der Waals surface area contributed by atoms with Gasteiger partial charge in [-0.2, -0.15) is 0 Å². The molecule has 2 rings (SSSR count). The van der Waals surface area contributed by atoms with Crippen LogP contribution in [0.1, 0.15) is 16.2 Å². The van der Waals surface area contributed by atoms with Gasteiger partial charge in [-0.25, -0.2) is 9.78 Å². The maximum Gasteiger partial charge on any atom is 0.371 e. The minimum Gasteiger partial charge on any atom is -0.475 e. The molecule has 0 bridgehead atoms. The van der Waals surface area contributed by atoms with E-state index in [1.807, 2.05) is 13.0 Å². The van der Waals surface area contributed by atoms with Crippen LogP contribution in [0.5, 0.6) is 0 Å². The number of imidazole rings is 1. The third-order valence-electron chi connectivity index (χ3n) is 2.04. The number of nitrogens with zero attached hydrogens (tertiary/aromatic N) is 1. The summed E-state index contributed by atoms with van der Waals surface area (Å²) in [5.74, 6) is -1.07. The third-order valence-corrected chi connectivity index (χ3v) is 2.90.